The molecule has 0 bridgehead atoms. The van der Waals surface area contributed by atoms with E-state index in [1.807, 2.05) is 19.2 Å². The van der Waals surface area contributed by atoms with E-state index < -0.39 is 0 Å². The maximum Gasteiger partial charge on any atom is 0.191 e. The van der Waals surface area contributed by atoms with Crippen molar-refractivity contribution < 1.29 is 9.47 Å². The van der Waals surface area contributed by atoms with E-state index in [0.717, 1.165) is 42.4 Å². The minimum atomic E-state index is 0.307. The van der Waals surface area contributed by atoms with E-state index >= 15 is 0 Å². The molecule has 0 amide bonds. The molecule has 1 atom stereocenters. The monoisotopic (exact) mass is 377 g/mol. The topological polar surface area (TPSA) is 54.9 Å². The molecule has 0 aromatic heterocycles. The van der Waals surface area contributed by atoms with Gasteiger partial charge in [0.2, 0.25) is 0 Å². The Bertz CT molecular complexity index is 597. The molecule has 1 aliphatic carbocycles. The van der Waals surface area contributed by atoms with Gasteiger partial charge in [-0.1, -0.05) is 12.1 Å². The second kappa shape index (κ2) is 9.95. The first-order chi connectivity index (χ1) is 12.8. The van der Waals surface area contributed by atoms with Crippen LogP contribution in [0.25, 0.3) is 0 Å². The van der Waals surface area contributed by atoms with Gasteiger partial charge in [0.05, 0.1) is 13.2 Å². The molecule has 6 heteroatoms. The number of benzene rings is 1. The van der Waals surface area contributed by atoms with Crippen LogP contribution in [0.4, 0.5) is 0 Å². The van der Waals surface area contributed by atoms with Gasteiger partial charge >= 0.3 is 0 Å². The Labute approximate surface area is 161 Å². The number of thioether (sulfide) groups is 1. The molecular weight excluding hydrogens is 346 g/mol. The van der Waals surface area contributed by atoms with Crippen LogP contribution in [0, 0.1) is 0 Å². The van der Waals surface area contributed by atoms with Crippen molar-refractivity contribution in [2.45, 2.75) is 56.4 Å². The van der Waals surface area contributed by atoms with E-state index in [4.69, 9.17) is 9.47 Å². The lowest BCUT2D eigenvalue weighted by Crippen LogP contribution is -2.39. The highest BCUT2D eigenvalue weighted by Gasteiger charge is 2.21. The van der Waals surface area contributed by atoms with Crippen LogP contribution in [-0.4, -0.2) is 43.8 Å². The van der Waals surface area contributed by atoms with Crippen molar-refractivity contribution in [3.63, 3.8) is 0 Å². The Morgan fingerprint density at radius 3 is 2.73 bits per heavy atom. The van der Waals surface area contributed by atoms with E-state index in [-0.39, 0.29) is 0 Å². The molecule has 1 heterocycles. The predicted molar refractivity (Wildman–Crippen MR) is 110 cm³/mol. The lowest BCUT2D eigenvalue weighted by atomic mass is 10.1. The summed E-state index contributed by atoms with van der Waals surface area (Å²) in [5, 5.41) is 7.57. The molecule has 1 saturated carbocycles. The number of rotatable bonds is 7. The molecule has 2 aliphatic rings. The van der Waals surface area contributed by atoms with Gasteiger partial charge < -0.3 is 20.1 Å². The minimum Gasteiger partial charge on any atom is -0.493 e. The number of methoxy groups -OCH3 is 1. The Morgan fingerprint density at radius 2 is 2.04 bits per heavy atom. The number of nitrogens with zero attached hydrogens (tertiary/aromatic N) is 1. The summed E-state index contributed by atoms with van der Waals surface area (Å²) in [4.78, 5) is 4.35. The lowest BCUT2D eigenvalue weighted by Gasteiger charge is -2.20. The van der Waals surface area contributed by atoms with Gasteiger partial charge in [-0.25, -0.2) is 0 Å². The Morgan fingerprint density at radius 1 is 1.19 bits per heavy atom. The molecule has 3 rings (SSSR count). The van der Waals surface area contributed by atoms with Gasteiger partial charge in [0.15, 0.2) is 17.5 Å². The molecule has 1 aromatic rings. The van der Waals surface area contributed by atoms with Gasteiger partial charge in [-0.15, -0.1) is 0 Å². The smallest absolute Gasteiger partial charge is 0.191 e. The van der Waals surface area contributed by atoms with Gasteiger partial charge in [0.1, 0.15) is 0 Å². The molecule has 1 saturated heterocycles. The van der Waals surface area contributed by atoms with Crippen LogP contribution in [0.2, 0.25) is 0 Å². The third-order valence-corrected chi connectivity index (χ3v) is 6.46. The maximum absolute atomic E-state index is 6.31. The number of para-hydroxylation sites is 1. The van der Waals surface area contributed by atoms with Crippen LogP contribution < -0.4 is 20.1 Å². The van der Waals surface area contributed by atoms with Crippen molar-refractivity contribution in [3.05, 3.63) is 23.8 Å². The van der Waals surface area contributed by atoms with Gasteiger partial charge in [-0.3, -0.25) is 4.99 Å². The average molecular weight is 378 g/mol. The molecule has 0 radical (unpaired) electrons. The highest BCUT2D eigenvalue weighted by atomic mass is 32.2. The van der Waals surface area contributed by atoms with Gasteiger partial charge in [0.25, 0.3) is 0 Å². The van der Waals surface area contributed by atoms with Gasteiger partial charge in [-0.2, -0.15) is 11.8 Å². The third kappa shape index (κ3) is 5.22. The van der Waals surface area contributed by atoms with Crippen molar-refractivity contribution in [1.29, 1.82) is 0 Å². The summed E-state index contributed by atoms with van der Waals surface area (Å²) in [5.41, 5.74) is 1.11. The fourth-order valence-corrected chi connectivity index (χ4v) is 4.78. The average Bonchev–Trinajstić information content (AvgIpc) is 3.36. The molecule has 2 N–H and O–H groups in total. The maximum atomic E-state index is 6.31. The van der Waals surface area contributed by atoms with Crippen LogP contribution in [0.15, 0.2) is 23.2 Å². The largest absolute Gasteiger partial charge is 0.493 e. The summed E-state index contributed by atoms with van der Waals surface area (Å²) in [6.07, 6.45) is 7.70. The molecule has 0 spiro atoms. The molecule has 2 fully saturated rings. The van der Waals surface area contributed by atoms with Crippen molar-refractivity contribution in [3.8, 4) is 11.5 Å². The summed E-state index contributed by atoms with van der Waals surface area (Å²) in [5.74, 6) is 3.80. The lowest BCUT2D eigenvalue weighted by molar-refractivity contribution is 0.198. The molecule has 5 nitrogen and oxygen atoms in total. The number of aliphatic imine (C=N–C) groups is 1. The Kier molecular flexibility index (Phi) is 7.35. The van der Waals surface area contributed by atoms with Crippen LogP contribution >= 0.6 is 11.8 Å². The second-order valence-electron chi connectivity index (χ2n) is 6.91. The van der Waals surface area contributed by atoms with Gasteiger partial charge in [-0.05, 0) is 50.3 Å². The Hall–Kier alpha value is -1.56. The number of hydrogen-bond donors (Lipinski definition) is 2. The zero-order valence-corrected chi connectivity index (χ0v) is 16.7. The quantitative estimate of drug-likeness (QED) is 0.562. The summed E-state index contributed by atoms with van der Waals surface area (Å²) in [6.45, 7) is 1.63. The number of guanidine groups is 1. The zero-order valence-electron chi connectivity index (χ0n) is 15.9. The van der Waals surface area contributed by atoms with Crippen LogP contribution in [0.5, 0.6) is 11.5 Å². The standard InChI is InChI=1S/C20H31N3O2S/c1-21-20(23-14-17-10-6-12-26-17)22-13-15-7-5-11-18(24-2)19(15)25-16-8-3-4-9-16/h5,7,11,16-17H,3-4,6,8-10,12-14H2,1-2H3,(H2,21,22,23). The number of hydrogen-bond acceptors (Lipinski definition) is 4. The van der Waals surface area contributed by atoms with E-state index in [1.165, 1.54) is 31.4 Å². The summed E-state index contributed by atoms with van der Waals surface area (Å²) >= 11 is 2.05. The highest BCUT2D eigenvalue weighted by Crippen LogP contribution is 2.34. The fourth-order valence-electron chi connectivity index (χ4n) is 3.58. The SMILES string of the molecule is CN=C(NCc1cccc(OC)c1OC1CCCC1)NCC1CCCS1. The molecule has 26 heavy (non-hydrogen) atoms. The highest BCUT2D eigenvalue weighted by molar-refractivity contribution is 8.00. The minimum absolute atomic E-state index is 0.307. The molecule has 144 valence electrons. The van der Waals surface area contributed by atoms with Crippen molar-refractivity contribution in [2.24, 2.45) is 4.99 Å². The fraction of sp³-hybridized carbons (Fsp3) is 0.650. The summed E-state index contributed by atoms with van der Waals surface area (Å²) < 4.78 is 11.9. The molecule has 1 unspecified atom stereocenters. The predicted octanol–water partition coefficient (Wildman–Crippen LogP) is 3.58. The first-order valence-electron chi connectivity index (χ1n) is 9.69. The first kappa shape index (κ1) is 19.2. The number of nitrogens with one attached hydrogen (secondary N) is 2. The van der Waals surface area contributed by atoms with Crippen molar-refractivity contribution >= 4 is 17.7 Å². The van der Waals surface area contributed by atoms with Crippen LogP contribution in [-0.2, 0) is 6.54 Å². The zero-order chi connectivity index (χ0) is 18.2. The Balaban J connectivity index is 1.60. The van der Waals surface area contributed by atoms with Gasteiger partial charge in [0, 0.05) is 31.0 Å². The van der Waals surface area contributed by atoms with E-state index in [1.54, 1.807) is 7.11 Å². The van der Waals surface area contributed by atoms with E-state index in [9.17, 15) is 0 Å². The van der Waals surface area contributed by atoms with E-state index in [2.05, 4.69) is 33.5 Å². The molecular formula is C20H31N3O2S. The van der Waals surface area contributed by atoms with Crippen LogP contribution in [0.3, 0.4) is 0 Å². The van der Waals surface area contributed by atoms with Crippen molar-refractivity contribution in [2.75, 3.05) is 26.5 Å². The van der Waals surface area contributed by atoms with Crippen molar-refractivity contribution in [1.82, 2.24) is 10.6 Å². The molecule has 1 aliphatic heterocycles. The summed E-state index contributed by atoms with van der Waals surface area (Å²) in [7, 11) is 3.52. The molecule has 1 aromatic carbocycles. The second-order valence-corrected chi connectivity index (χ2v) is 8.32. The third-order valence-electron chi connectivity index (χ3n) is 5.06. The number of ether oxygens (including phenoxy) is 2. The summed E-state index contributed by atoms with van der Waals surface area (Å²) in [6, 6.07) is 6.08. The van der Waals surface area contributed by atoms with Crippen LogP contribution in [0.1, 0.15) is 44.1 Å². The normalized spacial score (nSPS) is 21.0. The first-order valence-corrected chi connectivity index (χ1v) is 10.7. The van der Waals surface area contributed by atoms with E-state index in [0.29, 0.717) is 17.9 Å².